The van der Waals surface area contributed by atoms with E-state index >= 15 is 0 Å². The van der Waals surface area contributed by atoms with Gasteiger partial charge in [0.15, 0.2) is 5.78 Å². The molecule has 1 aromatic heterocycles. The van der Waals surface area contributed by atoms with E-state index in [-0.39, 0.29) is 85.0 Å². The number of carbonyl (C=O) groups excluding carboxylic acids is 7. The average molecular weight is 987 g/mol. The molecule has 4 rings (SSSR count). The summed E-state index contributed by atoms with van der Waals surface area (Å²) in [5.41, 5.74) is 1.71. The Bertz CT molecular complexity index is 2160. The number of carboxylic acids is 1. The lowest BCUT2D eigenvalue weighted by Crippen LogP contribution is -2.54. The quantitative estimate of drug-likeness (QED) is 0.0504. The summed E-state index contributed by atoms with van der Waals surface area (Å²) >= 11 is 0. The summed E-state index contributed by atoms with van der Waals surface area (Å²) in [7, 11) is 4.81. The number of ketones is 2. The highest BCUT2D eigenvalue weighted by atomic mass is 16.5. The fourth-order valence-corrected chi connectivity index (χ4v) is 9.95. The zero-order valence-electron chi connectivity index (χ0n) is 43.4. The Kier molecular flexibility index (Phi) is 23.1. The van der Waals surface area contributed by atoms with Gasteiger partial charge in [-0.3, -0.25) is 43.3 Å². The number of likely N-dealkylation sites (tertiary alicyclic amines) is 1. The van der Waals surface area contributed by atoms with Gasteiger partial charge < -0.3 is 29.7 Å². The molecule has 1 aromatic carbocycles. The predicted octanol–water partition coefficient (Wildman–Crippen LogP) is 5.99. The first kappa shape index (κ1) is 57.9. The zero-order valence-corrected chi connectivity index (χ0v) is 43.4. The number of hydrogen-bond donors (Lipinski definition) is 2. The lowest BCUT2D eigenvalue weighted by molar-refractivity contribution is -0.148. The van der Waals surface area contributed by atoms with Crippen molar-refractivity contribution in [3.8, 4) is 0 Å². The van der Waals surface area contributed by atoms with Gasteiger partial charge in [-0.2, -0.15) is 0 Å². The lowest BCUT2D eigenvalue weighted by atomic mass is 9.85. The van der Waals surface area contributed by atoms with E-state index in [0.717, 1.165) is 5.56 Å². The molecule has 390 valence electrons. The lowest BCUT2D eigenvalue weighted by Gasteiger charge is -2.40. The molecular formula is C54H78N6O11. The van der Waals surface area contributed by atoms with Gasteiger partial charge in [-0.15, -0.1) is 0 Å². The first-order chi connectivity index (χ1) is 33.8. The van der Waals surface area contributed by atoms with Crippen LogP contribution in [-0.2, 0) is 55.9 Å². The molecule has 0 bridgehead atoms. The van der Waals surface area contributed by atoms with Gasteiger partial charge in [-0.05, 0) is 62.8 Å². The third kappa shape index (κ3) is 16.4. The number of aryl methyl sites for hydroxylation is 1. The van der Waals surface area contributed by atoms with Gasteiger partial charge in [0, 0.05) is 96.8 Å². The Morgan fingerprint density at radius 2 is 1.59 bits per heavy atom. The molecule has 0 radical (unpaired) electrons. The van der Waals surface area contributed by atoms with Crippen molar-refractivity contribution in [2.45, 2.75) is 149 Å². The summed E-state index contributed by atoms with van der Waals surface area (Å²) in [5.74, 6) is -4.34. The number of methoxy groups -OCH3 is 2. The van der Waals surface area contributed by atoms with Crippen LogP contribution in [0.3, 0.4) is 0 Å². The molecule has 0 saturated carbocycles. The van der Waals surface area contributed by atoms with Gasteiger partial charge in [0.05, 0.1) is 47.9 Å². The van der Waals surface area contributed by atoms with E-state index in [1.165, 1.54) is 30.4 Å². The number of nitrogens with zero attached hydrogens (tertiary/aromatic N) is 5. The summed E-state index contributed by atoms with van der Waals surface area (Å²) in [6.45, 7) is 12.6. The average Bonchev–Trinajstić information content (AvgIpc) is 3.96. The first-order valence-electron chi connectivity index (χ1n) is 25.4. The van der Waals surface area contributed by atoms with Crippen LogP contribution in [-0.4, -0.2) is 142 Å². The molecule has 0 unspecified atom stereocenters. The number of unbranched alkanes of at least 4 members (excludes halogenated alkanes) is 2. The second-order valence-electron chi connectivity index (χ2n) is 19.7. The molecule has 0 aliphatic carbocycles. The Morgan fingerprint density at radius 1 is 0.901 bits per heavy atom. The molecular weight excluding hydrogens is 909 g/mol. The fraction of sp³-hybridized carbons (Fsp3) is 0.630. The van der Waals surface area contributed by atoms with Gasteiger partial charge in [0.25, 0.3) is 11.8 Å². The van der Waals surface area contributed by atoms with Crippen molar-refractivity contribution < 1.29 is 52.9 Å². The van der Waals surface area contributed by atoms with Crippen LogP contribution in [0.2, 0.25) is 0 Å². The monoisotopic (exact) mass is 987 g/mol. The second-order valence-corrected chi connectivity index (χ2v) is 19.7. The van der Waals surface area contributed by atoms with E-state index in [4.69, 9.17) is 9.47 Å². The van der Waals surface area contributed by atoms with E-state index < -0.39 is 48.0 Å². The van der Waals surface area contributed by atoms with Gasteiger partial charge in [-0.1, -0.05) is 77.8 Å². The highest BCUT2D eigenvalue weighted by Crippen LogP contribution is 2.32. The number of carbonyl (C=O) groups is 8. The van der Waals surface area contributed by atoms with Crippen molar-refractivity contribution in [2.75, 3.05) is 40.9 Å². The Labute approximate surface area is 419 Å². The molecule has 5 amide bonds. The van der Waals surface area contributed by atoms with E-state index in [0.29, 0.717) is 88.1 Å². The number of ether oxygens (including phenoxy) is 2. The molecule has 3 heterocycles. The summed E-state index contributed by atoms with van der Waals surface area (Å²) in [4.78, 5) is 118. The highest BCUT2D eigenvalue weighted by Gasteiger charge is 2.43. The van der Waals surface area contributed by atoms with E-state index in [9.17, 15) is 43.5 Å². The van der Waals surface area contributed by atoms with Crippen molar-refractivity contribution in [1.29, 1.82) is 0 Å². The maximum atomic E-state index is 14.6. The van der Waals surface area contributed by atoms with Crippen molar-refractivity contribution in [2.24, 2.45) is 29.6 Å². The van der Waals surface area contributed by atoms with Crippen LogP contribution < -0.4 is 5.32 Å². The molecule has 1 fully saturated rings. The summed E-state index contributed by atoms with van der Waals surface area (Å²) < 4.78 is 12.0. The topological polar surface area (TPSA) is 223 Å². The Balaban J connectivity index is 1.33. The minimum absolute atomic E-state index is 0.0137. The van der Waals surface area contributed by atoms with Crippen LogP contribution in [0.25, 0.3) is 0 Å². The number of hydrogen-bond acceptors (Lipinski definition) is 12. The van der Waals surface area contributed by atoms with Gasteiger partial charge >= 0.3 is 5.97 Å². The molecule has 2 aromatic rings. The molecule has 2 N–H and O–H groups in total. The van der Waals surface area contributed by atoms with Crippen molar-refractivity contribution in [3.63, 3.8) is 0 Å². The number of Topliss-reactive ketones (excluding diaryl/α,β-unsaturated/α-hetero) is 2. The van der Waals surface area contributed by atoms with E-state index in [1.807, 2.05) is 58.0 Å². The smallest absolute Gasteiger partial charge is 0.307 e. The number of imide groups is 1. The molecule has 71 heavy (non-hydrogen) atoms. The van der Waals surface area contributed by atoms with Crippen molar-refractivity contribution in [3.05, 3.63) is 71.3 Å². The SMILES string of the molecule is CC[C@H](C)[C@@H]([C@@H](CC(=O)N1CCC[C@H]1[C@H](OC)[C@@H](C)C(=O)C[C@@H](Cc1ccccc1)C(=O)O)OC)N(C)C(=O)[C@@H](Cc1ncc(C(=O)CCCNC(=O)CCCCCN2C(=O)C=CC2=O)c(C)n1)C(C)C. The second kappa shape index (κ2) is 28.4. The highest BCUT2D eigenvalue weighted by molar-refractivity contribution is 6.12. The standard InChI is InChI=1S/C54H78N6O11/c1-10-35(4)51(45(70-8)32-50(66)59-28-18-21-42(59)52(71-9)36(5)44(62)30-39(54(68)69)29-38-19-13-11-14-20-38)58(7)53(67)40(34(2)3)31-46-56-33-41(37(6)57-46)43(61)22-17-26-55-47(63)23-15-12-16-27-60-48(64)24-25-49(60)65/h11,13-14,19-20,24-25,33-36,39-40,42,45,51-52H,10,12,15-18,21-23,26-32H2,1-9H3,(H,55,63)(H,68,69)/t35-,36-,39+,40-,42-,45+,51-,52+/m0/s1. The van der Waals surface area contributed by atoms with Crippen LogP contribution in [0.1, 0.15) is 133 Å². The summed E-state index contributed by atoms with van der Waals surface area (Å²) in [6.07, 6.45) is 7.85. The van der Waals surface area contributed by atoms with Gasteiger partial charge in [-0.25, -0.2) is 9.97 Å². The first-order valence-corrected chi connectivity index (χ1v) is 25.4. The molecule has 17 nitrogen and oxygen atoms in total. The fourth-order valence-electron chi connectivity index (χ4n) is 9.95. The molecule has 17 heteroatoms. The number of carboxylic acid groups (broad SMARTS) is 1. The third-order valence-corrected chi connectivity index (χ3v) is 14.4. The molecule has 8 atom stereocenters. The van der Waals surface area contributed by atoms with Crippen LogP contribution in [0.5, 0.6) is 0 Å². The third-order valence-electron chi connectivity index (χ3n) is 14.4. The number of amides is 5. The number of nitrogens with one attached hydrogen (secondary N) is 1. The van der Waals surface area contributed by atoms with E-state index in [1.54, 1.807) is 37.8 Å². The minimum Gasteiger partial charge on any atom is -0.481 e. The maximum Gasteiger partial charge on any atom is 0.307 e. The van der Waals surface area contributed by atoms with Gasteiger partial charge in [0.2, 0.25) is 17.7 Å². The maximum absolute atomic E-state index is 14.6. The van der Waals surface area contributed by atoms with Crippen LogP contribution >= 0.6 is 0 Å². The van der Waals surface area contributed by atoms with Crippen molar-refractivity contribution >= 4 is 47.1 Å². The summed E-state index contributed by atoms with van der Waals surface area (Å²) in [5, 5.41) is 12.9. The Hall–Kier alpha value is -5.68. The number of likely N-dealkylation sites (N-methyl/N-ethyl adjacent to an activating group) is 1. The zero-order chi connectivity index (χ0) is 52.4. The normalized spacial score (nSPS) is 17.7. The number of aliphatic carboxylic acids is 1. The number of rotatable bonds is 31. The van der Waals surface area contributed by atoms with Crippen LogP contribution in [0.4, 0.5) is 0 Å². The largest absolute Gasteiger partial charge is 0.481 e. The number of aromatic nitrogens is 2. The van der Waals surface area contributed by atoms with Gasteiger partial charge in [0.1, 0.15) is 11.6 Å². The summed E-state index contributed by atoms with van der Waals surface area (Å²) in [6, 6.07) is 8.33. The van der Waals surface area contributed by atoms with Crippen molar-refractivity contribution in [1.82, 2.24) is 30.0 Å². The molecule has 2 aliphatic heterocycles. The predicted molar refractivity (Wildman–Crippen MR) is 267 cm³/mol. The van der Waals surface area contributed by atoms with E-state index in [2.05, 4.69) is 15.3 Å². The molecule has 0 spiro atoms. The minimum atomic E-state index is -1.04. The van der Waals surface area contributed by atoms with Crippen LogP contribution in [0.15, 0.2) is 48.7 Å². The molecule has 2 aliphatic rings. The van der Waals surface area contributed by atoms with Crippen LogP contribution in [0, 0.1) is 36.5 Å². The Morgan fingerprint density at radius 3 is 2.20 bits per heavy atom. The molecule has 1 saturated heterocycles. The number of benzene rings is 1.